The summed E-state index contributed by atoms with van der Waals surface area (Å²) in [5.41, 5.74) is 2.09. The fourth-order valence-corrected chi connectivity index (χ4v) is 2.06. The van der Waals surface area contributed by atoms with Crippen LogP contribution in [0.3, 0.4) is 0 Å². The maximum atomic E-state index is 11.1. The number of aliphatic carboxylic acids is 1. The first kappa shape index (κ1) is 15.8. The number of carboxylic acid groups (broad SMARTS) is 1. The number of unbranched alkanes of at least 4 members (excludes halogenated alkanes) is 1. The Balaban J connectivity index is 3.36. The number of methoxy groups -OCH3 is 1. The van der Waals surface area contributed by atoms with Gasteiger partial charge in [-0.2, -0.15) is 5.26 Å². The van der Waals surface area contributed by atoms with Gasteiger partial charge in [0.15, 0.2) is 0 Å². The lowest BCUT2D eigenvalue weighted by Gasteiger charge is -2.12. The Morgan fingerprint density at radius 3 is 2.65 bits per heavy atom. The molecule has 0 aliphatic rings. The zero-order chi connectivity index (χ0) is 15.1. The first-order chi connectivity index (χ1) is 9.54. The zero-order valence-electron chi connectivity index (χ0n) is 12.1. The van der Waals surface area contributed by atoms with Crippen LogP contribution in [0.4, 0.5) is 0 Å². The maximum absolute atomic E-state index is 11.1. The predicted molar refractivity (Wildman–Crippen MR) is 77.4 cm³/mol. The van der Waals surface area contributed by atoms with E-state index in [2.05, 4.69) is 6.92 Å². The van der Waals surface area contributed by atoms with Gasteiger partial charge in [0.2, 0.25) is 0 Å². The van der Waals surface area contributed by atoms with Gasteiger partial charge in [-0.25, -0.2) is 4.79 Å². The molecular weight excluding hydrogens is 254 g/mol. The number of aryl methyl sites for hydroxylation is 1. The van der Waals surface area contributed by atoms with Gasteiger partial charge < -0.3 is 9.84 Å². The number of benzene rings is 1. The van der Waals surface area contributed by atoms with Crippen LogP contribution in [0.2, 0.25) is 0 Å². The van der Waals surface area contributed by atoms with Crippen molar-refractivity contribution in [3.8, 4) is 11.8 Å². The van der Waals surface area contributed by atoms with Crippen LogP contribution in [0.5, 0.6) is 5.75 Å². The molecule has 0 unspecified atom stereocenters. The summed E-state index contributed by atoms with van der Waals surface area (Å²) in [7, 11) is 1.60. The van der Waals surface area contributed by atoms with Crippen LogP contribution in [0.15, 0.2) is 23.8 Å². The van der Waals surface area contributed by atoms with E-state index in [0.29, 0.717) is 5.57 Å². The smallest absolute Gasteiger partial charge is 0.346 e. The second kappa shape index (κ2) is 7.34. The van der Waals surface area contributed by atoms with E-state index in [-0.39, 0.29) is 5.57 Å². The summed E-state index contributed by atoms with van der Waals surface area (Å²) in [6, 6.07) is 7.27. The highest BCUT2D eigenvalue weighted by Crippen LogP contribution is 2.27. The van der Waals surface area contributed by atoms with Gasteiger partial charge in [-0.15, -0.1) is 0 Å². The third-order valence-corrected chi connectivity index (χ3v) is 3.22. The Labute approximate surface area is 119 Å². The molecule has 0 aromatic heterocycles. The van der Waals surface area contributed by atoms with E-state index >= 15 is 0 Å². The summed E-state index contributed by atoms with van der Waals surface area (Å²) in [4.78, 5) is 11.1. The molecule has 0 fully saturated rings. The quantitative estimate of drug-likeness (QED) is 0.637. The van der Waals surface area contributed by atoms with Crippen molar-refractivity contribution < 1.29 is 14.6 Å². The van der Waals surface area contributed by atoms with Gasteiger partial charge in [0.1, 0.15) is 17.4 Å². The van der Waals surface area contributed by atoms with Crippen LogP contribution >= 0.6 is 0 Å². The van der Waals surface area contributed by atoms with Crippen molar-refractivity contribution in [3.63, 3.8) is 0 Å². The Hall–Kier alpha value is -2.28. The van der Waals surface area contributed by atoms with Gasteiger partial charge in [-0.1, -0.05) is 19.4 Å². The lowest BCUT2D eigenvalue weighted by Crippen LogP contribution is -2.03. The first-order valence-electron chi connectivity index (χ1n) is 6.56. The molecule has 1 N–H and O–H groups in total. The van der Waals surface area contributed by atoms with Crippen LogP contribution in [0, 0.1) is 11.3 Å². The molecule has 0 bridgehead atoms. The molecule has 0 spiro atoms. The number of ether oxygens (including phenoxy) is 1. The van der Waals surface area contributed by atoms with Crippen LogP contribution in [-0.4, -0.2) is 18.2 Å². The SMILES string of the molecule is CCCCc1cc(OC)ccc1C(C)=C(C#N)C(=O)O. The topological polar surface area (TPSA) is 70.3 Å². The molecule has 106 valence electrons. The lowest BCUT2D eigenvalue weighted by molar-refractivity contribution is -0.132. The average Bonchev–Trinajstić information content (AvgIpc) is 2.44. The molecule has 4 heteroatoms. The molecule has 20 heavy (non-hydrogen) atoms. The molecule has 0 saturated carbocycles. The summed E-state index contributed by atoms with van der Waals surface area (Å²) < 4.78 is 5.21. The summed E-state index contributed by atoms with van der Waals surface area (Å²) in [5.74, 6) is -0.455. The molecule has 0 aliphatic carbocycles. The number of allylic oxidation sites excluding steroid dienone is 1. The van der Waals surface area contributed by atoms with Gasteiger partial charge in [-0.3, -0.25) is 0 Å². The molecule has 1 rings (SSSR count). The maximum Gasteiger partial charge on any atom is 0.346 e. The molecule has 0 saturated heterocycles. The first-order valence-corrected chi connectivity index (χ1v) is 6.56. The van der Waals surface area contributed by atoms with Gasteiger partial charge in [0, 0.05) is 0 Å². The van der Waals surface area contributed by atoms with Crippen molar-refractivity contribution in [2.75, 3.05) is 7.11 Å². The monoisotopic (exact) mass is 273 g/mol. The van der Waals surface area contributed by atoms with Crippen molar-refractivity contribution in [1.29, 1.82) is 5.26 Å². The lowest BCUT2D eigenvalue weighted by atomic mass is 9.94. The Kier molecular flexibility index (Phi) is 5.79. The minimum Gasteiger partial charge on any atom is -0.497 e. The molecule has 1 aromatic rings. The van der Waals surface area contributed by atoms with Crippen LogP contribution in [0.1, 0.15) is 37.8 Å². The molecule has 0 aliphatic heterocycles. The Morgan fingerprint density at radius 1 is 1.45 bits per heavy atom. The zero-order valence-corrected chi connectivity index (χ0v) is 12.1. The number of nitriles is 1. The number of nitrogens with zero attached hydrogens (tertiary/aromatic N) is 1. The molecule has 4 nitrogen and oxygen atoms in total. The molecular formula is C16H19NO3. The predicted octanol–water partition coefficient (Wildman–Crippen LogP) is 3.42. The fraction of sp³-hybridized carbons (Fsp3) is 0.375. The van der Waals surface area contributed by atoms with Crippen molar-refractivity contribution in [3.05, 3.63) is 34.9 Å². The van der Waals surface area contributed by atoms with E-state index < -0.39 is 5.97 Å². The second-order valence-corrected chi connectivity index (χ2v) is 4.54. The van der Waals surface area contributed by atoms with Gasteiger partial charge in [0.25, 0.3) is 0 Å². The van der Waals surface area contributed by atoms with E-state index in [1.165, 1.54) is 0 Å². The molecule has 1 aromatic carbocycles. The van der Waals surface area contributed by atoms with Crippen LogP contribution in [0.25, 0.3) is 5.57 Å². The standard InChI is InChI=1S/C16H19NO3/c1-4-5-6-12-9-13(20-3)7-8-14(12)11(2)15(10-17)16(18)19/h7-9H,4-6H2,1-3H3,(H,18,19). The summed E-state index contributed by atoms with van der Waals surface area (Å²) >= 11 is 0. The number of carboxylic acids is 1. The Morgan fingerprint density at radius 2 is 2.15 bits per heavy atom. The largest absolute Gasteiger partial charge is 0.497 e. The third-order valence-electron chi connectivity index (χ3n) is 3.22. The summed E-state index contributed by atoms with van der Waals surface area (Å²) in [5, 5.41) is 18.1. The van der Waals surface area contributed by atoms with Gasteiger partial charge >= 0.3 is 5.97 Å². The Bertz CT molecular complexity index is 568. The number of hydrogen-bond acceptors (Lipinski definition) is 3. The van der Waals surface area contributed by atoms with Crippen molar-refractivity contribution in [2.45, 2.75) is 33.1 Å². The number of rotatable bonds is 6. The highest BCUT2D eigenvalue weighted by atomic mass is 16.5. The summed E-state index contributed by atoms with van der Waals surface area (Å²) in [6.45, 7) is 3.77. The molecule has 0 radical (unpaired) electrons. The van der Waals surface area contributed by atoms with Gasteiger partial charge in [-0.05, 0) is 48.6 Å². The number of hydrogen-bond donors (Lipinski definition) is 1. The normalized spacial score (nSPS) is 11.5. The molecule has 0 atom stereocenters. The molecule has 0 heterocycles. The summed E-state index contributed by atoms with van der Waals surface area (Å²) in [6.07, 6.45) is 2.88. The minimum absolute atomic E-state index is 0.215. The highest BCUT2D eigenvalue weighted by molar-refractivity contribution is 6.00. The second-order valence-electron chi connectivity index (χ2n) is 4.54. The number of carbonyl (C=O) groups is 1. The molecule has 0 amide bonds. The van der Waals surface area contributed by atoms with Crippen LogP contribution < -0.4 is 4.74 Å². The van der Waals surface area contributed by atoms with E-state index in [4.69, 9.17) is 15.1 Å². The van der Waals surface area contributed by atoms with Crippen LogP contribution in [-0.2, 0) is 11.2 Å². The van der Waals surface area contributed by atoms with Crippen molar-refractivity contribution >= 4 is 11.5 Å². The van der Waals surface area contributed by atoms with E-state index in [9.17, 15) is 4.79 Å². The van der Waals surface area contributed by atoms with Gasteiger partial charge in [0.05, 0.1) is 7.11 Å². The highest BCUT2D eigenvalue weighted by Gasteiger charge is 2.15. The van der Waals surface area contributed by atoms with E-state index in [1.807, 2.05) is 12.1 Å². The fourth-order valence-electron chi connectivity index (χ4n) is 2.06. The van der Waals surface area contributed by atoms with Crippen molar-refractivity contribution in [2.24, 2.45) is 0 Å². The van der Waals surface area contributed by atoms with E-state index in [0.717, 1.165) is 36.1 Å². The van der Waals surface area contributed by atoms with E-state index in [1.54, 1.807) is 26.2 Å². The average molecular weight is 273 g/mol. The minimum atomic E-state index is -1.19. The van der Waals surface area contributed by atoms with Crippen molar-refractivity contribution in [1.82, 2.24) is 0 Å². The third kappa shape index (κ3) is 3.61.